The summed E-state index contributed by atoms with van der Waals surface area (Å²) in [5.74, 6) is 0.408. The third-order valence-corrected chi connectivity index (χ3v) is 7.82. The van der Waals surface area contributed by atoms with Gasteiger partial charge in [-0.15, -0.1) is 6.58 Å². The van der Waals surface area contributed by atoms with Crippen LogP contribution < -0.4 is 0 Å². The molecule has 3 aromatic carbocycles. The summed E-state index contributed by atoms with van der Waals surface area (Å²) in [5.41, 5.74) is 3.51. The zero-order valence-corrected chi connectivity index (χ0v) is 27.4. The van der Waals surface area contributed by atoms with E-state index in [-0.39, 0.29) is 18.3 Å². The summed E-state index contributed by atoms with van der Waals surface area (Å²) >= 11 is 0. The van der Waals surface area contributed by atoms with E-state index in [4.69, 9.17) is 14.2 Å². The Balaban J connectivity index is 1.48. The Morgan fingerprint density at radius 3 is 1.58 bits per heavy atom. The second kappa shape index (κ2) is 22.3. The Bertz CT molecular complexity index is 1210. The van der Waals surface area contributed by atoms with Gasteiger partial charge in [0, 0.05) is 0 Å². The molecule has 3 rings (SSSR count). The van der Waals surface area contributed by atoms with E-state index in [0.29, 0.717) is 32.2 Å². The standard InChI is InChI=1S/C41H54O4/c1-4-5-26-39(43-31-35-18-9-6-10-19-35)27-15-24-38(42)25-16-28-40(44-32-36-20-11-7-12-21-36)29-17-30-41(34(2)3)45-33-37-22-13-8-14-23-37/h4,6-15,17-23,27,29,34,38-42H,1,5,16,24-26,28,30-33H2,2-3H3/b27-15-,29-17-/t38-,39-,40-,41+/m1/s1. The highest BCUT2D eigenvalue weighted by Gasteiger charge is 2.14. The molecule has 0 aliphatic rings. The van der Waals surface area contributed by atoms with E-state index in [0.717, 1.165) is 49.7 Å². The predicted molar refractivity (Wildman–Crippen MR) is 187 cm³/mol. The molecule has 0 aliphatic heterocycles. The van der Waals surface area contributed by atoms with Gasteiger partial charge in [-0.3, -0.25) is 0 Å². The monoisotopic (exact) mass is 610 g/mol. The van der Waals surface area contributed by atoms with E-state index >= 15 is 0 Å². The third kappa shape index (κ3) is 16.0. The summed E-state index contributed by atoms with van der Waals surface area (Å²) < 4.78 is 18.8. The van der Waals surface area contributed by atoms with Gasteiger partial charge in [0.05, 0.1) is 44.2 Å². The molecule has 0 amide bonds. The molecule has 0 unspecified atom stereocenters. The number of benzene rings is 3. The van der Waals surface area contributed by atoms with Gasteiger partial charge in [0.2, 0.25) is 0 Å². The van der Waals surface area contributed by atoms with Gasteiger partial charge < -0.3 is 19.3 Å². The zero-order valence-electron chi connectivity index (χ0n) is 27.4. The number of hydrogen-bond donors (Lipinski definition) is 1. The number of aliphatic hydroxyl groups excluding tert-OH is 1. The maximum absolute atomic E-state index is 10.7. The molecule has 4 nitrogen and oxygen atoms in total. The fraction of sp³-hybridized carbons (Fsp3) is 0.415. The smallest absolute Gasteiger partial charge is 0.0763 e. The normalized spacial score (nSPS) is 14.6. The van der Waals surface area contributed by atoms with Crippen molar-refractivity contribution in [3.05, 3.63) is 145 Å². The van der Waals surface area contributed by atoms with E-state index in [1.54, 1.807) is 0 Å². The first kappa shape index (κ1) is 36.2. The van der Waals surface area contributed by atoms with Crippen LogP contribution in [0.5, 0.6) is 0 Å². The van der Waals surface area contributed by atoms with Crippen LogP contribution in [0.1, 0.15) is 75.5 Å². The molecule has 0 spiro atoms. The Hall–Kier alpha value is -3.28. The topological polar surface area (TPSA) is 47.9 Å². The van der Waals surface area contributed by atoms with Crippen molar-refractivity contribution in [3.63, 3.8) is 0 Å². The summed E-state index contributed by atoms with van der Waals surface area (Å²) in [6, 6.07) is 30.8. The minimum atomic E-state index is -0.397. The molecule has 0 aromatic heterocycles. The molecule has 0 fully saturated rings. The maximum Gasteiger partial charge on any atom is 0.0763 e. The van der Waals surface area contributed by atoms with Crippen LogP contribution in [0.25, 0.3) is 0 Å². The van der Waals surface area contributed by atoms with Crippen LogP contribution >= 0.6 is 0 Å². The Morgan fingerprint density at radius 1 is 0.622 bits per heavy atom. The highest BCUT2D eigenvalue weighted by molar-refractivity contribution is 5.15. The molecule has 45 heavy (non-hydrogen) atoms. The number of allylic oxidation sites excluding steroid dienone is 1. The average molecular weight is 611 g/mol. The molecule has 0 bridgehead atoms. The minimum Gasteiger partial charge on any atom is -0.393 e. The predicted octanol–water partition coefficient (Wildman–Crippen LogP) is 9.79. The van der Waals surface area contributed by atoms with Gasteiger partial charge in [-0.05, 0) is 67.6 Å². The lowest BCUT2D eigenvalue weighted by molar-refractivity contribution is 0.0123. The van der Waals surface area contributed by atoms with Gasteiger partial charge >= 0.3 is 0 Å². The highest BCUT2D eigenvalue weighted by Crippen LogP contribution is 2.18. The van der Waals surface area contributed by atoms with Crippen molar-refractivity contribution >= 4 is 0 Å². The number of ether oxygens (including phenoxy) is 3. The molecule has 3 aromatic rings. The van der Waals surface area contributed by atoms with Gasteiger partial charge in [0.1, 0.15) is 0 Å². The lowest BCUT2D eigenvalue weighted by Crippen LogP contribution is -2.19. The molecule has 0 saturated heterocycles. The number of rotatable bonds is 23. The van der Waals surface area contributed by atoms with Crippen LogP contribution in [0.3, 0.4) is 0 Å². The summed E-state index contributed by atoms with van der Waals surface area (Å²) in [6.07, 6.45) is 15.9. The highest BCUT2D eigenvalue weighted by atomic mass is 16.5. The second-order valence-corrected chi connectivity index (χ2v) is 12.0. The summed E-state index contributed by atoms with van der Waals surface area (Å²) in [5, 5.41) is 10.7. The van der Waals surface area contributed by atoms with Gasteiger partial charge in [-0.1, -0.05) is 135 Å². The fourth-order valence-corrected chi connectivity index (χ4v) is 5.04. The van der Waals surface area contributed by atoms with Crippen LogP contribution in [0, 0.1) is 5.92 Å². The summed E-state index contributed by atoms with van der Waals surface area (Å²) in [6.45, 7) is 10.0. The zero-order chi connectivity index (χ0) is 32.0. The molecular formula is C41H54O4. The Morgan fingerprint density at radius 2 is 1.09 bits per heavy atom. The SMILES string of the molecule is C=CCC[C@H](/C=C\C[C@@H](O)CCC[C@H](/C=C\C[C@H](OCc1ccccc1)C(C)C)OCc1ccccc1)OCc1ccccc1. The number of aliphatic hydroxyl groups is 1. The lowest BCUT2D eigenvalue weighted by Gasteiger charge is -2.21. The van der Waals surface area contributed by atoms with Crippen LogP contribution in [0.2, 0.25) is 0 Å². The van der Waals surface area contributed by atoms with E-state index in [2.05, 4.69) is 81.1 Å². The van der Waals surface area contributed by atoms with Crippen LogP contribution in [0.4, 0.5) is 0 Å². The molecule has 0 saturated carbocycles. The first-order valence-electron chi connectivity index (χ1n) is 16.6. The molecule has 0 radical (unpaired) electrons. The molecule has 4 heteroatoms. The molecular weight excluding hydrogens is 556 g/mol. The molecule has 1 N–H and O–H groups in total. The van der Waals surface area contributed by atoms with Crippen LogP contribution in [0.15, 0.2) is 128 Å². The summed E-state index contributed by atoms with van der Waals surface area (Å²) in [4.78, 5) is 0. The molecule has 0 aliphatic carbocycles. The molecule has 4 atom stereocenters. The Labute approximate surface area is 272 Å². The van der Waals surface area contributed by atoms with Crippen LogP contribution in [-0.2, 0) is 34.0 Å². The lowest BCUT2D eigenvalue weighted by atomic mass is 10.0. The van der Waals surface area contributed by atoms with Crippen molar-refractivity contribution < 1.29 is 19.3 Å². The van der Waals surface area contributed by atoms with Crippen LogP contribution in [-0.4, -0.2) is 29.5 Å². The van der Waals surface area contributed by atoms with Crippen molar-refractivity contribution in [2.75, 3.05) is 0 Å². The minimum absolute atomic E-state index is 0.00245. The first-order valence-corrected chi connectivity index (χ1v) is 16.6. The van der Waals surface area contributed by atoms with E-state index < -0.39 is 6.10 Å². The quantitative estimate of drug-likeness (QED) is 0.109. The molecule has 242 valence electrons. The second-order valence-electron chi connectivity index (χ2n) is 12.0. The van der Waals surface area contributed by atoms with Gasteiger partial charge in [-0.2, -0.15) is 0 Å². The van der Waals surface area contributed by atoms with Gasteiger partial charge in [-0.25, -0.2) is 0 Å². The number of hydrogen-bond acceptors (Lipinski definition) is 4. The van der Waals surface area contributed by atoms with Crippen molar-refractivity contribution in [2.45, 2.75) is 103 Å². The van der Waals surface area contributed by atoms with Crippen molar-refractivity contribution in [3.8, 4) is 0 Å². The largest absolute Gasteiger partial charge is 0.393 e. The van der Waals surface area contributed by atoms with E-state index in [1.165, 1.54) is 5.56 Å². The first-order chi connectivity index (χ1) is 22.0. The maximum atomic E-state index is 10.7. The summed E-state index contributed by atoms with van der Waals surface area (Å²) in [7, 11) is 0. The fourth-order valence-electron chi connectivity index (χ4n) is 5.04. The third-order valence-electron chi connectivity index (χ3n) is 7.82. The average Bonchev–Trinajstić information content (AvgIpc) is 3.07. The molecule has 0 heterocycles. The van der Waals surface area contributed by atoms with Crippen molar-refractivity contribution in [1.29, 1.82) is 0 Å². The van der Waals surface area contributed by atoms with E-state index in [1.807, 2.05) is 60.7 Å². The van der Waals surface area contributed by atoms with Gasteiger partial charge in [0.15, 0.2) is 0 Å². The van der Waals surface area contributed by atoms with Crippen molar-refractivity contribution in [2.24, 2.45) is 5.92 Å². The van der Waals surface area contributed by atoms with Crippen molar-refractivity contribution in [1.82, 2.24) is 0 Å². The van der Waals surface area contributed by atoms with E-state index in [9.17, 15) is 5.11 Å². The Kier molecular flexibility index (Phi) is 17.9. The van der Waals surface area contributed by atoms with Gasteiger partial charge in [0.25, 0.3) is 0 Å².